The minimum absolute atomic E-state index is 0.195. The fraction of sp³-hybridized carbons (Fsp3) is 0.0638. The predicted octanol–water partition coefficient (Wildman–Crippen LogP) is 7.46. The third kappa shape index (κ3) is 7.35. The zero-order valence-corrected chi connectivity index (χ0v) is 30.7. The molecule has 4 nitrogen and oxygen atoms in total. The van der Waals surface area contributed by atoms with Crippen LogP contribution in [0.15, 0.2) is 194 Å². The molecular weight excluding hydrogens is 688 g/mol. The van der Waals surface area contributed by atoms with Gasteiger partial charge in [0.25, 0.3) is 5.91 Å². The summed E-state index contributed by atoms with van der Waals surface area (Å²) in [6.07, 6.45) is -0.0858. The zero-order valence-electron chi connectivity index (χ0n) is 29.0. The van der Waals surface area contributed by atoms with Crippen LogP contribution in [0.2, 0.25) is 0 Å². The summed E-state index contributed by atoms with van der Waals surface area (Å²) in [5.74, 6) is -0.589. The molecule has 0 spiro atoms. The van der Waals surface area contributed by atoms with E-state index in [1.165, 1.54) is 0 Å². The first-order chi connectivity index (χ1) is 26.2. The Bertz CT molecular complexity index is 2260. The standard InChI is InChI=1S/C47H37NO3P2/c49-46(40-29-15-17-31-43(40)52(35-20-5-1-6-21-35)36-22-7-2-8-23-36)48-45-39-28-14-13-19-34(39)33-42(45)51-47(50)41-30-16-18-32-44(41)53(37-24-9-3-10-25-37)38-26-11-4-12-27-38/h1-32,42,45H,33H2,(H,48,49)/t42-,45+/m1/s1. The maximum atomic E-state index is 14.5. The van der Waals surface area contributed by atoms with Crippen LogP contribution in [0.25, 0.3) is 0 Å². The summed E-state index contributed by atoms with van der Waals surface area (Å²) >= 11 is 0. The lowest BCUT2D eigenvalue weighted by atomic mass is 10.1. The van der Waals surface area contributed by atoms with Gasteiger partial charge in [0.1, 0.15) is 6.10 Å². The topological polar surface area (TPSA) is 55.4 Å². The smallest absolute Gasteiger partial charge is 0.339 e. The lowest BCUT2D eigenvalue weighted by molar-refractivity contribution is 0.0232. The average Bonchev–Trinajstić information content (AvgIpc) is 3.56. The summed E-state index contributed by atoms with van der Waals surface area (Å²) < 4.78 is 6.47. The van der Waals surface area contributed by atoms with Crippen LogP contribution in [-0.4, -0.2) is 18.0 Å². The summed E-state index contributed by atoms with van der Waals surface area (Å²) in [7, 11) is -2.05. The van der Waals surface area contributed by atoms with Gasteiger partial charge in [-0.05, 0) is 70.9 Å². The number of fused-ring (bicyclic) bond motifs is 1. The fourth-order valence-corrected chi connectivity index (χ4v) is 12.0. The van der Waals surface area contributed by atoms with E-state index in [0.717, 1.165) is 43.0 Å². The number of hydrogen-bond acceptors (Lipinski definition) is 3. The van der Waals surface area contributed by atoms with E-state index in [9.17, 15) is 9.59 Å². The summed E-state index contributed by atoms with van der Waals surface area (Å²) in [6, 6.07) is 64.6. The van der Waals surface area contributed by atoms with Gasteiger partial charge in [-0.3, -0.25) is 4.79 Å². The molecule has 1 N–H and O–H groups in total. The lowest BCUT2D eigenvalue weighted by Crippen LogP contribution is -2.39. The van der Waals surface area contributed by atoms with Crippen LogP contribution >= 0.6 is 15.8 Å². The molecule has 0 unspecified atom stereocenters. The van der Waals surface area contributed by atoms with Crippen LogP contribution in [0.1, 0.15) is 37.9 Å². The molecule has 1 aliphatic rings. The molecular formula is C47H37NO3P2. The van der Waals surface area contributed by atoms with E-state index in [-0.39, 0.29) is 5.91 Å². The molecule has 7 aromatic carbocycles. The van der Waals surface area contributed by atoms with Crippen molar-refractivity contribution < 1.29 is 14.3 Å². The Morgan fingerprint density at radius 2 is 0.868 bits per heavy atom. The molecule has 1 aliphatic carbocycles. The van der Waals surface area contributed by atoms with Gasteiger partial charge in [0, 0.05) is 12.0 Å². The molecule has 0 bridgehead atoms. The SMILES string of the molecule is O=C(N[C@H]1c2ccccc2C[C@H]1OC(=O)c1ccccc1P(c1ccccc1)c1ccccc1)c1ccccc1P(c1ccccc1)c1ccccc1. The van der Waals surface area contributed by atoms with E-state index in [2.05, 4.69) is 66.0 Å². The van der Waals surface area contributed by atoms with Gasteiger partial charge in [-0.2, -0.15) is 0 Å². The van der Waals surface area contributed by atoms with E-state index >= 15 is 0 Å². The van der Waals surface area contributed by atoms with Gasteiger partial charge in [0.2, 0.25) is 0 Å². The molecule has 6 heteroatoms. The summed E-state index contributed by atoms with van der Waals surface area (Å²) in [5.41, 5.74) is 3.17. The van der Waals surface area contributed by atoms with Crippen LogP contribution in [0.4, 0.5) is 0 Å². The molecule has 0 radical (unpaired) electrons. The molecule has 0 fully saturated rings. The maximum absolute atomic E-state index is 14.5. The molecule has 0 saturated heterocycles. The number of ether oxygens (including phenoxy) is 1. The van der Waals surface area contributed by atoms with E-state index in [1.54, 1.807) is 0 Å². The number of hydrogen-bond donors (Lipinski definition) is 1. The van der Waals surface area contributed by atoms with Crippen molar-refractivity contribution in [3.05, 3.63) is 216 Å². The van der Waals surface area contributed by atoms with Crippen molar-refractivity contribution in [2.75, 3.05) is 0 Å². The molecule has 7 aromatic rings. The van der Waals surface area contributed by atoms with Crippen LogP contribution in [-0.2, 0) is 11.2 Å². The molecule has 8 rings (SSSR count). The molecule has 0 saturated carbocycles. The highest BCUT2D eigenvalue weighted by Crippen LogP contribution is 2.38. The fourth-order valence-electron chi connectivity index (χ4n) is 7.12. The first kappa shape index (κ1) is 34.4. The predicted molar refractivity (Wildman–Crippen MR) is 220 cm³/mol. The summed E-state index contributed by atoms with van der Waals surface area (Å²) in [5, 5.41) is 9.88. The first-order valence-electron chi connectivity index (χ1n) is 17.7. The van der Waals surface area contributed by atoms with Crippen LogP contribution in [0, 0.1) is 0 Å². The van der Waals surface area contributed by atoms with Crippen molar-refractivity contribution in [2.45, 2.75) is 18.6 Å². The van der Waals surface area contributed by atoms with E-state index in [0.29, 0.717) is 17.5 Å². The Balaban J connectivity index is 1.12. The Morgan fingerprint density at radius 3 is 1.38 bits per heavy atom. The van der Waals surface area contributed by atoms with Crippen LogP contribution < -0.4 is 37.1 Å². The largest absolute Gasteiger partial charge is 0.456 e. The second-order valence-electron chi connectivity index (χ2n) is 12.8. The van der Waals surface area contributed by atoms with Crippen molar-refractivity contribution in [1.82, 2.24) is 5.32 Å². The second-order valence-corrected chi connectivity index (χ2v) is 17.2. The van der Waals surface area contributed by atoms with Crippen molar-refractivity contribution >= 4 is 59.5 Å². The zero-order chi connectivity index (χ0) is 36.0. The molecule has 1 amide bonds. The highest BCUT2D eigenvalue weighted by molar-refractivity contribution is 7.80. The van der Waals surface area contributed by atoms with Gasteiger partial charge < -0.3 is 10.1 Å². The lowest BCUT2D eigenvalue weighted by Gasteiger charge is -2.26. The van der Waals surface area contributed by atoms with Crippen molar-refractivity contribution in [1.29, 1.82) is 0 Å². The van der Waals surface area contributed by atoms with Crippen molar-refractivity contribution in [2.24, 2.45) is 0 Å². The molecule has 0 heterocycles. The van der Waals surface area contributed by atoms with Crippen LogP contribution in [0.5, 0.6) is 0 Å². The second kappa shape index (κ2) is 15.9. The molecule has 0 aromatic heterocycles. The molecule has 258 valence electrons. The minimum Gasteiger partial charge on any atom is -0.456 e. The number of carbonyl (C=O) groups is 2. The normalized spacial score (nSPS) is 14.8. The Morgan fingerprint density at radius 1 is 0.472 bits per heavy atom. The van der Waals surface area contributed by atoms with Gasteiger partial charge in [0.15, 0.2) is 0 Å². The molecule has 2 atom stereocenters. The minimum atomic E-state index is -1.04. The van der Waals surface area contributed by atoms with Gasteiger partial charge in [-0.1, -0.05) is 182 Å². The van der Waals surface area contributed by atoms with E-state index < -0.39 is 34.0 Å². The Kier molecular flexibility index (Phi) is 10.3. The Hall–Kier alpha value is -5.66. The highest BCUT2D eigenvalue weighted by atomic mass is 31.1. The number of esters is 1. The van der Waals surface area contributed by atoms with Gasteiger partial charge in [0.05, 0.1) is 11.6 Å². The molecule has 0 aliphatic heterocycles. The van der Waals surface area contributed by atoms with E-state index in [1.807, 2.05) is 133 Å². The number of nitrogens with one attached hydrogen (secondary N) is 1. The summed E-state index contributed by atoms with van der Waals surface area (Å²) in [6.45, 7) is 0. The van der Waals surface area contributed by atoms with Gasteiger partial charge in [-0.25, -0.2) is 4.79 Å². The average molecular weight is 726 g/mol. The number of benzene rings is 7. The summed E-state index contributed by atoms with van der Waals surface area (Å²) in [4.78, 5) is 28.9. The maximum Gasteiger partial charge on any atom is 0.339 e. The number of amides is 1. The Labute approximate surface area is 313 Å². The number of carbonyl (C=O) groups excluding carboxylic acids is 2. The third-order valence-electron chi connectivity index (χ3n) is 9.54. The van der Waals surface area contributed by atoms with Crippen molar-refractivity contribution in [3.8, 4) is 0 Å². The van der Waals surface area contributed by atoms with Gasteiger partial charge >= 0.3 is 5.97 Å². The van der Waals surface area contributed by atoms with Crippen molar-refractivity contribution in [3.63, 3.8) is 0 Å². The third-order valence-corrected chi connectivity index (χ3v) is 14.5. The van der Waals surface area contributed by atoms with Crippen LogP contribution in [0.3, 0.4) is 0 Å². The number of rotatable bonds is 10. The van der Waals surface area contributed by atoms with E-state index in [4.69, 9.17) is 4.74 Å². The quantitative estimate of drug-likeness (QED) is 0.118. The first-order valence-corrected chi connectivity index (χ1v) is 20.4. The highest BCUT2D eigenvalue weighted by Gasteiger charge is 2.38. The van der Waals surface area contributed by atoms with Gasteiger partial charge in [-0.15, -0.1) is 0 Å². The molecule has 53 heavy (non-hydrogen) atoms. The monoisotopic (exact) mass is 725 g/mol.